The Hall–Kier alpha value is -0.790. The number of rotatable bonds is 17. The fraction of sp³-hybridized carbons (Fsp3) is 0.909. The van der Waals surface area contributed by atoms with E-state index in [1.807, 2.05) is 20.8 Å². The predicted molar refractivity (Wildman–Crippen MR) is 116 cm³/mol. The molecule has 0 amide bonds. The Bertz CT molecular complexity index is 437. The molecule has 7 heteroatoms. The molecule has 0 bridgehead atoms. The van der Waals surface area contributed by atoms with Crippen molar-refractivity contribution >= 4 is 23.7 Å². The van der Waals surface area contributed by atoms with E-state index in [9.17, 15) is 9.59 Å². The van der Waals surface area contributed by atoms with Crippen LogP contribution < -0.4 is 0 Å². The van der Waals surface area contributed by atoms with Crippen LogP contribution in [-0.2, 0) is 28.5 Å². The maximum atomic E-state index is 12.1. The number of esters is 2. The van der Waals surface area contributed by atoms with Crippen LogP contribution >= 0.6 is 11.8 Å². The van der Waals surface area contributed by atoms with Gasteiger partial charge in [-0.2, -0.15) is 11.8 Å². The van der Waals surface area contributed by atoms with Crippen LogP contribution in [0.2, 0.25) is 0 Å². The molecule has 0 aromatic rings. The van der Waals surface area contributed by atoms with E-state index in [-0.39, 0.29) is 24.1 Å². The molecule has 0 N–H and O–H groups in total. The van der Waals surface area contributed by atoms with Gasteiger partial charge in [0, 0.05) is 18.6 Å². The van der Waals surface area contributed by atoms with Gasteiger partial charge in [-0.1, -0.05) is 39.5 Å². The predicted octanol–water partition coefficient (Wildman–Crippen LogP) is 4.59. The van der Waals surface area contributed by atoms with E-state index in [4.69, 9.17) is 18.9 Å². The van der Waals surface area contributed by atoms with Gasteiger partial charge in [-0.3, -0.25) is 9.59 Å². The number of carbonyl (C=O) groups is 2. The van der Waals surface area contributed by atoms with E-state index in [2.05, 4.69) is 0 Å². The zero-order chi connectivity index (χ0) is 21.3. The number of carbonyl (C=O) groups excluding carboxylic acids is 2. The van der Waals surface area contributed by atoms with Crippen LogP contribution in [0.1, 0.15) is 72.1 Å². The fourth-order valence-corrected chi connectivity index (χ4v) is 4.14. The van der Waals surface area contributed by atoms with E-state index in [1.165, 1.54) is 12.8 Å². The van der Waals surface area contributed by atoms with E-state index in [0.29, 0.717) is 45.2 Å². The van der Waals surface area contributed by atoms with Crippen molar-refractivity contribution in [2.24, 2.45) is 11.8 Å². The Kier molecular flexibility index (Phi) is 15.3. The van der Waals surface area contributed by atoms with Crippen molar-refractivity contribution in [1.29, 1.82) is 0 Å². The molecule has 1 aliphatic rings. The first-order chi connectivity index (χ1) is 14.0. The van der Waals surface area contributed by atoms with Crippen LogP contribution in [0, 0.1) is 11.8 Å². The van der Waals surface area contributed by atoms with Crippen LogP contribution in [0.25, 0.3) is 0 Å². The van der Waals surface area contributed by atoms with Gasteiger partial charge < -0.3 is 18.9 Å². The summed E-state index contributed by atoms with van der Waals surface area (Å²) in [6.45, 7) is 8.05. The van der Waals surface area contributed by atoms with Gasteiger partial charge in [-0.05, 0) is 31.4 Å². The lowest BCUT2D eigenvalue weighted by molar-refractivity contribution is -0.150. The summed E-state index contributed by atoms with van der Waals surface area (Å²) in [5.41, 5.74) is 0. The third-order valence-corrected chi connectivity index (χ3v) is 5.82. The summed E-state index contributed by atoms with van der Waals surface area (Å²) < 4.78 is 21.3. The molecule has 1 heterocycles. The number of unbranched alkanes of at least 4 members (excludes halogenated alkanes) is 5. The van der Waals surface area contributed by atoms with E-state index in [0.717, 1.165) is 37.2 Å². The van der Waals surface area contributed by atoms with Gasteiger partial charge in [0.15, 0.2) is 6.29 Å². The van der Waals surface area contributed by atoms with Gasteiger partial charge in [-0.25, -0.2) is 0 Å². The lowest BCUT2D eigenvalue weighted by Gasteiger charge is -2.18. The Morgan fingerprint density at radius 3 is 2.31 bits per heavy atom. The van der Waals surface area contributed by atoms with E-state index in [1.54, 1.807) is 11.8 Å². The Morgan fingerprint density at radius 2 is 1.66 bits per heavy atom. The minimum absolute atomic E-state index is 0.0698. The molecule has 0 spiro atoms. The molecule has 0 radical (unpaired) electrons. The lowest BCUT2D eigenvalue weighted by Crippen LogP contribution is -2.25. The number of hydrogen-bond acceptors (Lipinski definition) is 7. The van der Waals surface area contributed by atoms with Crippen molar-refractivity contribution in [3.8, 4) is 0 Å². The fourth-order valence-electron chi connectivity index (χ4n) is 3.01. The summed E-state index contributed by atoms with van der Waals surface area (Å²) in [5.74, 6) is 1.81. The molecule has 29 heavy (non-hydrogen) atoms. The maximum absolute atomic E-state index is 12.1. The average molecular weight is 433 g/mol. The molecule has 0 aliphatic carbocycles. The first-order valence-corrected chi connectivity index (χ1v) is 12.3. The second-order valence-electron chi connectivity index (χ2n) is 7.88. The molecular formula is C22H40O6S. The minimum atomic E-state index is -0.271. The Morgan fingerprint density at radius 1 is 1.00 bits per heavy atom. The molecule has 6 nitrogen and oxygen atoms in total. The van der Waals surface area contributed by atoms with Crippen molar-refractivity contribution in [2.75, 3.05) is 37.9 Å². The summed E-state index contributed by atoms with van der Waals surface area (Å²) >= 11 is 1.81. The largest absolute Gasteiger partial charge is 0.466 e. The summed E-state index contributed by atoms with van der Waals surface area (Å²) in [5, 5.41) is 0. The van der Waals surface area contributed by atoms with Crippen molar-refractivity contribution in [3.63, 3.8) is 0 Å². The van der Waals surface area contributed by atoms with Crippen LogP contribution in [0.4, 0.5) is 0 Å². The van der Waals surface area contributed by atoms with Gasteiger partial charge in [0.05, 0.1) is 32.3 Å². The van der Waals surface area contributed by atoms with E-state index < -0.39 is 0 Å². The van der Waals surface area contributed by atoms with Gasteiger partial charge in [0.1, 0.15) is 0 Å². The lowest BCUT2D eigenvalue weighted by atomic mass is 10.1. The third kappa shape index (κ3) is 13.9. The van der Waals surface area contributed by atoms with Crippen molar-refractivity contribution < 1.29 is 28.5 Å². The summed E-state index contributed by atoms with van der Waals surface area (Å²) in [6, 6.07) is 0. The van der Waals surface area contributed by atoms with E-state index >= 15 is 0 Å². The highest BCUT2D eigenvalue weighted by atomic mass is 32.2. The van der Waals surface area contributed by atoms with Crippen molar-refractivity contribution in [3.05, 3.63) is 0 Å². The maximum Gasteiger partial charge on any atom is 0.309 e. The molecule has 1 saturated heterocycles. The molecule has 0 aromatic carbocycles. The topological polar surface area (TPSA) is 71.1 Å². The highest BCUT2D eigenvalue weighted by Crippen LogP contribution is 2.21. The first kappa shape index (κ1) is 26.2. The molecule has 0 saturated carbocycles. The first-order valence-electron chi connectivity index (χ1n) is 11.2. The highest BCUT2D eigenvalue weighted by Gasteiger charge is 2.27. The van der Waals surface area contributed by atoms with Gasteiger partial charge in [0.25, 0.3) is 0 Å². The smallest absolute Gasteiger partial charge is 0.309 e. The van der Waals surface area contributed by atoms with Gasteiger partial charge in [-0.15, -0.1) is 0 Å². The van der Waals surface area contributed by atoms with Crippen molar-refractivity contribution in [2.45, 2.75) is 78.4 Å². The minimum Gasteiger partial charge on any atom is -0.466 e. The Labute approximate surface area is 180 Å². The van der Waals surface area contributed by atoms with Crippen LogP contribution in [0.5, 0.6) is 0 Å². The second kappa shape index (κ2) is 16.9. The van der Waals surface area contributed by atoms with Gasteiger partial charge >= 0.3 is 11.9 Å². The normalized spacial score (nSPS) is 15.6. The SMILES string of the molecule is CCOC(=O)C(CSCCCCCCCCC(=O)OCC(C)C)CC1OCCO1. The number of ether oxygens (including phenoxy) is 4. The number of hydrogen-bond donors (Lipinski definition) is 0. The average Bonchev–Trinajstić information content (AvgIpc) is 3.20. The van der Waals surface area contributed by atoms with Gasteiger partial charge in [0.2, 0.25) is 0 Å². The molecule has 170 valence electrons. The molecule has 1 aliphatic heterocycles. The standard InChI is InChI=1S/C22H40O6S/c1-4-25-22(24)19(15-21-26-12-13-27-21)17-29-14-10-8-6-5-7-9-11-20(23)28-16-18(2)3/h18-19,21H,4-17H2,1-3H3. The molecule has 1 fully saturated rings. The van der Waals surface area contributed by atoms with Crippen molar-refractivity contribution in [1.82, 2.24) is 0 Å². The summed E-state index contributed by atoms with van der Waals surface area (Å²) in [4.78, 5) is 23.7. The second-order valence-corrected chi connectivity index (χ2v) is 9.03. The van der Waals surface area contributed by atoms with Crippen LogP contribution in [0.3, 0.4) is 0 Å². The quantitative estimate of drug-likeness (QED) is 0.246. The molecule has 1 unspecified atom stereocenters. The third-order valence-electron chi connectivity index (χ3n) is 4.60. The zero-order valence-corrected chi connectivity index (χ0v) is 19.3. The van der Waals surface area contributed by atoms with Crippen LogP contribution in [-0.4, -0.2) is 56.2 Å². The Balaban J connectivity index is 2.00. The zero-order valence-electron chi connectivity index (χ0n) is 18.5. The molecule has 0 aromatic heterocycles. The summed E-state index contributed by atoms with van der Waals surface area (Å²) in [7, 11) is 0. The monoisotopic (exact) mass is 432 g/mol. The molecular weight excluding hydrogens is 392 g/mol. The highest BCUT2D eigenvalue weighted by molar-refractivity contribution is 7.99. The number of thioether (sulfide) groups is 1. The molecule has 1 atom stereocenters. The summed E-state index contributed by atoms with van der Waals surface area (Å²) in [6.07, 6.45) is 7.51. The van der Waals surface area contributed by atoms with Crippen LogP contribution in [0.15, 0.2) is 0 Å². The molecule has 1 rings (SSSR count).